The van der Waals surface area contributed by atoms with Gasteiger partial charge in [-0.3, -0.25) is 14.4 Å². The minimum absolute atomic E-state index is 0.117. The number of fused-ring (bicyclic) bond motifs is 1. The number of amides is 2. The molecule has 0 aliphatic carbocycles. The minimum atomic E-state index is -1.02. The number of carbonyl (C=O) groups is 3. The fourth-order valence-corrected chi connectivity index (χ4v) is 9.81. The Bertz CT molecular complexity index is 1030. The van der Waals surface area contributed by atoms with Gasteiger partial charge in [0.2, 0.25) is 5.91 Å². The number of aliphatic hydroxyl groups excluding tert-OH is 1. The summed E-state index contributed by atoms with van der Waals surface area (Å²) in [7, 11) is 0. The third kappa shape index (κ3) is 4.05. The molecule has 2 N–H and O–H groups in total. The maximum absolute atomic E-state index is 14.4. The zero-order valence-electron chi connectivity index (χ0n) is 20.8. The molecule has 0 radical (unpaired) electrons. The molecular formula is C26H34BrN3O5S. The number of aliphatic hydroxyl groups is 1. The number of carboxylic acid groups (broad SMARTS) is 1. The summed E-state index contributed by atoms with van der Waals surface area (Å²) in [6, 6.07) is 6.24. The van der Waals surface area contributed by atoms with Gasteiger partial charge in [0.15, 0.2) is 0 Å². The molecule has 3 heterocycles. The van der Waals surface area contributed by atoms with Crippen molar-refractivity contribution in [1.29, 1.82) is 0 Å². The van der Waals surface area contributed by atoms with E-state index < -0.39 is 34.6 Å². The number of rotatable bonds is 10. The first-order chi connectivity index (χ1) is 17.2. The van der Waals surface area contributed by atoms with Crippen molar-refractivity contribution in [3.8, 4) is 0 Å². The van der Waals surface area contributed by atoms with E-state index in [-0.39, 0.29) is 35.0 Å². The van der Waals surface area contributed by atoms with E-state index in [1.807, 2.05) is 24.3 Å². The van der Waals surface area contributed by atoms with Crippen LogP contribution in [0.1, 0.15) is 27.2 Å². The van der Waals surface area contributed by atoms with Crippen LogP contribution >= 0.6 is 27.7 Å². The lowest BCUT2D eigenvalue weighted by atomic mass is 9.71. The molecule has 1 aromatic carbocycles. The summed E-state index contributed by atoms with van der Waals surface area (Å²) in [5, 5.41) is 19.7. The van der Waals surface area contributed by atoms with Crippen LogP contribution in [0.2, 0.25) is 0 Å². The number of anilines is 2. The molecule has 3 unspecified atom stereocenters. The topological polar surface area (TPSA) is 101 Å². The summed E-state index contributed by atoms with van der Waals surface area (Å²) in [6.45, 7) is 11.4. The van der Waals surface area contributed by atoms with Crippen LogP contribution in [0, 0.1) is 11.8 Å². The SMILES string of the molecule is C=CCN(C(=O)C1N([C@H](C)CO)C(=O)[C@@H]2[C@H](C(=O)O)[C@H]3SC12CC3Br)c1ccc(N(CC)CC)cc1. The Morgan fingerprint density at radius 3 is 2.42 bits per heavy atom. The summed E-state index contributed by atoms with van der Waals surface area (Å²) < 4.78 is -0.875. The molecular weight excluding hydrogens is 546 g/mol. The van der Waals surface area contributed by atoms with Gasteiger partial charge in [0.05, 0.1) is 29.2 Å². The van der Waals surface area contributed by atoms with Crippen LogP contribution in [0.3, 0.4) is 0 Å². The number of nitrogens with zero attached hydrogens (tertiary/aromatic N) is 3. The molecule has 4 rings (SSSR count). The number of alkyl halides is 1. The largest absolute Gasteiger partial charge is 0.481 e. The van der Waals surface area contributed by atoms with E-state index in [1.54, 1.807) is 17.9 Å². The molecule has 3 aliphatic rings. The first-order valence-corrected chi connectivity index (χ1v) is 14.2. The lowest BCUT2D eigenvalue weighted by molar-refractivity contribution is -0.149. The molecule has 3 fully saturated rings. The highest BCUT2D eigenvalue weighted by atomic mass is 79.9. The van der Waals surface area contributed by atoms with Crippen LogP contribution in [0.4, 0.5) is 11.4 Å². The van der Waals surface area contributed by atoms with Gasteiger partial charge >= 0.3 is 5.97 Å². The van der Waals surface area contributed by atoms with E-state index >= 15 is 0 Å². The fraction of sp³-hybridized carbons (Fsp3) is 0.577. The molecule has 2 amide bonds. The number of thioether (sulfide) groups is 1. The summed E-state index contributed by atoms with van der Waals surface area (Å²) in [6.07, 6.45) is 2.16. The van der Waals surface area contributed by atoms with E-state index in [0.717, 1.165) is 18.8 Å². The van der Waals surface area contributed by atoms with Crippen LogP contribution in [-0.4, -0.2) is 86.0 Å². The van der Waals surface area contributed by atoms with Gasteiger partial charge in [0.25, 0.3) is 5.91 Å². The van der Waals surface area contributed by atoms with Gasteiger partial charge < -0.3 is 24.9 Å². The minimum Gasteiger partial charge on any atom is -0.481 e. The Hall–Kier alpha value is -2.04. The van der Waals surface area contributed by atoms with Crippen molar-refractivity contribution in [3.63, 3.8) is 0 Å². The van der Waals surface area contributed by atoms with Gasteiger partial charge in [0, 0.05) is 41.1 Å². The van der Waals surface area contributed by atoms with Crippen molar-refractivity contribution in [2.45, 2.75) is 54.1 Å². The average molecular weight is 581 g/mol. The fourth-order valence-electron chi connectivity index (χ4n) is 6.22. The number of halogens is 1. The van der Waals surface area contributed by atoms with Crippen molar-refractivity contribution in [1.82, 2.24) is 4.90 Å². The number of carboxylic acids is 1. The molecule has 10 heteroatoms. The molecule has 0 saturated carbocycles. The average Bonchev–Trinajstić information content (AvgIpc) is 3.46. The predicted octanol–water partition coefficient (Wildman–Crippen LogP) is 2.98. The molecule has 3 aliphatic heterocycles. The van der Waals surface area contributed by atoms with Crippen LogP contribution in [0.15, 0.2) is 36.9 Å². The molecule has 1 aromatic rings. The summed E-state index contributed by atoms with van der Waals surface area (Å²) in [5.74, 6) is -3.34. The van der Waals surface area contributed by atoms with Crippen molar-refractivity contribution in [2.24, 2.45) is 11.8 Å². The van der Waals surface area contributed by atoms with Gasteiger partial charge in [-0.25, -0.2) is 0 Å². The van der Waals surface area contributed by atoms with Crippen molar-refractivity contribution in [3.05, 3.63) is 36.9 Å². The number of aliphatic carboxylic acids is 1. The number of benzene rings is 1. The first-order valence-electron chi connectivity index (χ1n) is 12.4. The predicted molar refractivity (Wildman–Crippen MR) is 146 cm³/mol. The summed E-state index contributed by atoms with van der Waals surface area (Å²) in [4.78, 5) is 45.5. The Kier molecular flexibility index (Phi) is 7.78. The monoisotopic (exact) mass is 579 g/mol. The van der Waals surface area contributed by atoms with E-state index in [1.165, 1.54) is 16.7 Å². The lowest BCUT2D eigenvalue weighted by Crippen LogP contribution is -2.57. The maximum Gasteiger partial charge on any atom is 0.308 e. The number of carbonyl (C=O) groups excluding carboxylic acids is 2. The smallest absolute Gasteiger partial charge is 0.308 e. The lowest BCUT2D eigenvalue weighted by Gasteiger charge is -2.39. The number of likely N-dealkylation sites (tertiary alicyclic amines) is 1. The van der Waals surface area contributed by atoms with Crippen LogP contribution in [0.25, 0.3) is 0 Å². The second-order valence-corrected chi connectivity index (χ2v) is 12.4. The molecule has 8 nitrogen and oxygen atoms in total. The normalized spacial score (nSPS) is 31.3. The Morgan fingerprint density at radius 1 is 1.28 bits per heavy atom. The molecule has 7 atom stereocenters. The zero-order valence-corrected chi connectivity index (χ0v) is 23.2. The molecule has 36 heavy (non-hydrogen) atoms. The maximum atomic E-state index is 14.4. The van der Waals surface area contributed by atoms with Gasteiger partial charge in [0.1, 0.15) is 6.04 Å². The third-order valence-corrected chi connectivity index (χ3v) is 11.1. The van der Waals surface area contributed by atoms with Crippen molar-refractivity contribution >= 4 is 56.9 Å². The molecule has 1 spiro atoms. The standard InChI is InChI=1S/C26H34BrN3O5S/c1-5-12-29(17-10-8-16(9-11-17)28(6-2)7-3)24(33)22-26-13-18(27)21(36-26)19(25(34)35)20(26)23(32)30(22)15(4)14-31/h5,8-11,15,18-22,31H,1,6-7,12-14H2,2-4H3,(H,34,35)/t15-,18?,19+,20+,21+,22?,26?/m1/s1. The molecule has 0 aromatic heterocycles. The molecule has 196 valence electrons. The van der Waals surface area contributed by atoms with Gasteiger partial charge in [-0.2, -0.15) is 0 Å². The van der Waals surface area contributed by atoms with Crippen LogP contribution in [-0.2, 0) is 14.4 Å². The summed E-state index contributed by atoms with van der Waals surface area (Å²) in [5.41, 5.74) is 1.74. The number of hydrogen-bond donors (Lipinski definition) is 2. The van der Waals surface area contributed by atoms with E-state index in [4.69, 9.17) is 0 Å². The Labute approximate surface area is 224 Å². The van der Waals surface area contributed by atoms with Gasteiger partial charge in [-0.15, -0.1) is 18.3 Å². The summed E-state index contributed by atoms with van der Waals surface area (Å²) >= 11 is 5.10. The highest BCUT2D eigenvalue weighted by molar-refractivity contribution is 9.09. The zero-order chi connectivity index (χ0) is 26.4. The number of hydrogen-bond acceptors (Lipinski definition) is 6. The van der Waals surface area contributed by atoms with Crippen molar-refractivity contribution in [2.75, 3.05) is 36.0 Å². The first kappa shape index (κ1) is 27.0. The highest BCUT2D eigenvalue weighted by Crippen LogP contribution is 2.68. The van der Waals surface area contributed by atoms with E-state index in [9.17, 15) is 24.6 Å². The van der Waals surface area contributed by atoms with E-state index in [2.05, 4.69) is 41.3 Å². The van der Waals surface area contributed by atoms with Gasteiger partial charge in [-0.1, -0.05) is 22.0 Å². The van der Waals surface area contributed by atoms with Crippen molar-refractivity contribution < 1.29 is 24.6 Å². The Balaban J connectivity index is 1.77. The van der Waals surface area contributed by atoms with E-state index in [0.29, 0.717) is 12.1 Å². The highest BCUT2D eigenvalue weighted by Gasteiger charge is 2.76. The van der Waals surface area contributed by atoms with Crippen LogP contribution in [0.5, 0.6) is 0 Å². The molecule has 3 saturated heterocycles. The Morgan fingerprint density at radius 2 is 1.89 bits per heavy atom. The van der Waals surface area contributed by atoms with Crippen LogP contribution < -0.4 is 9.80 Å². The molecule has 2 bridgehead atoms. The quantitative estimate of drug-likeness (QED) is 0.324. The van der Waals surface area contributed by atoms with Gasteiger partial charge in [-0.05, 0) is 51.5 Å². The second-order valence-electron chi connectivity index (χ2n) is 9.71. The third-order valence-electron chi connectivity index (χ3n) is 7.85. The second kappa shape index (κ2) is 10.4.